The number of hydrogen-bond acceptors (Lipinski definition) is 3. The Morgan fingerprint density at radius 2 is 1.72 bits per heavy atom. The highest BCUT2D eigenvalue weighted by molar-refractivity contribution is 5.52. The van der Waals surface area contributed by atoms with Crippen LogP contribution in [0.5, 0.6) is 11.5 Å². The number of halogens is 3. The summed E-state index contributed by atoms with van der Waals surface area (Å²) in [5, 5.41) is 9.84. The van der Waals surface area contributed by atoms with Crippen LogP contribution in [0.3, 0.4) is 0 Å². The largest absolute Gasteiger partial charge is 0.493 e. The number of methoxy groups -OCH3 is 2. The molecule has 0 saturated heterocycles. The zero-order valence-corrected chi connectivity index (χ0v) is 9.97. The molecule has 0 spiro atoms. The third-order valence-corrected chi connectivity index (χ3v) is 3.28. The van der Waals surface area contributed by atoms with Crippen molar-refractivity contribution in [2.45, 2.75) is 24.6 Å². The van der Waals surface area contributed by atoms with Gasteiger partial charge >= 0.3 is 6.18 Å². The fourth-order valence-corrected chi connectivity index (χ4v) is 2.26. The molecule has 3 nitrogen and oxygen atoms in total. The van der Waals surface area contributed by atoms with E-state index in [2.05, 4.69) is 0 Å². The van der Waals surface area contributed by atoms with Gasteiger partial charge in [-0.15, -0.1) is 0 Å². The van der Waals surface area contributed by atoms with Crippen LogP contribution in [0, 0.1) is 0 Å². The van der Waals surface area contributed by atoms with E-state index in [9.17, 15) is 18.3 Å². The van der Waals surface area contributed by atoms with Gasteiger partial charge in [-0.05, 0) is 36.1 Å². The zero-order valence-electron chi connectivity index (χ0n) is 9.97. The molecule has 1 N–H and O–H groups in total. The molecule has 0 amide bonds. The molecule has 0 aromatic heterocycles. The summed E-state index contributed by atoms with van der Waals surface area (Å²) >= 11 is 0. The summed E-state index contributed by atoms with van der Waals surface area (Å²) in [5.41, 5.74) is -2.50. The molecule has 1 aliphatic rings. The fraction of sp³-hybridized carbons (Fsp3) is 0.500. The Morgan fingerprint density at radius 3 is 2.22 bits per heavy atom. The molecule has 0 heterocycles. The molecule has 0 radical (unpaired) electrons. The van der Waals surface area contributed by atoms with Crippen LogP contribution in [-0.4, -0.2) is 25.5 Å². The Morgan fingerprint density at radius 1 is 1.17 bits per heavy atom. The molecule has 1 atom stereocenters. The first-order valence-corrected chi connectivity index (χ1v) is 5.38. The maximum atomic E-state index is 12.9. The fourth-order valence-electron chi connectivity index (χ4n) is 2.26. The lowest BCUT2D eigenvalue weighted by Gasteiger charge is -2.27. The van der Waals surface area contributed by atoms with E-state index in [1.807, 2.05) is 0 Å². The average molecular weight is 262 g/mol. The molecule has 0 fully saturated rings. The number of hydrogen-bond donors (Lipinski definition) is 1. The lowest BCUT2D eigenvalue weighted by atomic mass is 9.95. The molecular weight excluding hydrogens is 249 g/mol. The Kier molecular flexibility index (Phi) is 2.93. The normalized spacial score (nSPS) is 22.8. The van der Waals surface area contributed by atoms with Crippen molar-refractivity contribution >= 4 is 0 Å². The monoisotopic (exact) mass is 262 g/mol. The van der Waals surface area contributed by atoms with E-state index in [0.717, 1.165) is 0 Å². The van der Waals surface area contributed by atoms with Crippen molar-refractivity contribution in [1.82, 2.24) is 0 Å². The third-order valence-electron chi connectivity index (χ3n) is 3.28. The van der Waals surface area contributed by atoms with Gasteiger partial charge in [-0.2, -0.15) is 13.2 Å². The number of alkyl halides is 3. The molecule has 1 aliphatic carbocycles. The van der Waals surface area contributed by atoms with Crippen molar-refractivity contribution in [1.29, 1.82) is 0 Å². The van der Waals surface area contributed by atoms with Crippen molar-refractivity contribution in [3.8, 4) is 11.5 Å². The first kappa shape index (κ1) is 13.0. The average Bonchev–Trinajstić information content (AvgIpc) is 2.65. The summed E-state index contributed by atoms with van der Waals surface area (Å²) in [4.78, 5) is 0. The van der Waals surface area contributed by atoms with E-state index in [0.29, 0.717) is 11.3 Å². The van der Waals surface area contributed by atoms with Gasteiger partial charge in [-0.25, -0.2) is 0 Å². The van der Waals surface area contributed by atoms with E-state index in [1.54, 1.807) is 0 Å². The van der Waals surface area contributed by atoms with Crippen molar-refractivity contribution in [2.24, 2.45) is 0 Å². The minimum atomic E-state index is -4.70. The van der Waals surface area contributed by atoms with Gasteiger partial charge in [-0.3, -0.25) is 0 Å². The summed E-state index contributed by atoms with van der Waals surface area (Å²) in [5.74, 6) is 0.545. The highest BCUT2D eigenvalue weighted by Crippen LogP contribution is 2.50. The number of aliphatic hydroxyl groups is 1. The Labute approximate surface area is 102 Å². The lowest BCUT2D eigenvalue weighted by molar-refractivity contribution is -0.265. The molecule has 1 unspecified atom stereocenters. The Balaban J connectivity index is 2.58. The van der Waals surface area contributed by atoms with Crippen LogP contribution >= 0.6 is 0 Å². The van der Waals surface area contributed by atoms with E-state index in [-0.39, 0.29) is 24.2 Å². The SMILES string of the molecule is COc1cc2c(cc1OC)C(O)(C(F)(F)F)CC2. The maximum absolute atomic E-state index is 12.9. The van der Waals surface area contributed by atoms with Gasteiger partial charge in [-0.1, -0.05) is 0 Å². The molecule has 100 valence electrons. The summed E-state index contributed by atoms with van der Waals surface area (Å²) in [7, 11) is 2.75. The van der Waals surface area contributed by atoms with Crippen molar-refractivity contribution in [3.05, 3.63) is 23.3 Å². The van der Waals surface area contributed by atoms with Gasteiger partial charge in [0.1, 0.15) is 0 Å². The topological polar surface area (TPSA) is 38.7 Å². The smallest absolute Gasteiger partial charge is 0.421 e. The van der Waals surface area contributed by atoms with E-state index in [4.69, 9.17) is 9.47 Å². The molecule has 2 rings (SSSR count). The predicted octanol–water partition coefficient (Wildman–Crippen LogP) is 2.40. The van der Waals surface area contributed by atoms with E-state index in [1.165, 1.54) is 26.4 Å². The minimum Gasteiger partial charge on any atom is -0.493 e. The lowest BCUT2D eigenvalue weighted by Crippen LogP contribution is -2.40. The molecule has 0 bridgehead atoms. The summed E-state index contributed by atoms with van der Waals surface area (Å²) < 4.78 is 48.8. The molecule has 0 aliphatic heterocycles. The van der Waals surface area contributed by atoms with E-state index >= 15 is 0 Å². The van der Waals surface area contributed by atoms with Gasteiger partial charge in [0, 0.05) is 0 Å². The van der Waals surface area contributed by atoms with Crippen LogP contribution in [-0.2, 0) is 12.0 Å². The molecule has 0 saturated carbocycles. The standard InChI is InChI=1S/C12H13F3O3/c1-17-9-5-7-3-4-11(16,12(13,14)15)8(7)6-10(9)18-2/h5-6,16H,3-4H2,1-2H3. The molecule has 6 heteroatoms. The molecular formula is C12H13F3O3. The predicted molar refractivity (Wildman–Crippen MR) is 57.8 cm³/mol. The van der Waals surface area contributed by atoms with E-state index < -0.39 is 11.8 Å². The zero-order chi connectivity index (χ0) is 13.6. The van der Waals surface area contributed by atoms with Crippen LogP contribution in [0.4, 0.5) is 13.2 Å². The van der Waals surface area contributed by atoms with Crippen LogP contribution in [0.25, 0.3) is 0 Å². The van der Waals surface area contributed by atoms with Gasteiger partial charge < -0.3 is 14.6 Å². The van der Waals surface area contributed by atoms with Crippen molar-refractivity contribution < 1.29 is 27.8 Å². The first-order chi connectivity index (χ1) is 8.33. The van der Waals surface area contributed by atoms with Gasteiger partial charge in [0.15, 0.2) is 17.1 Å². The van der Waals surface area contributed by atoms with Crippen LogP contribution in [0.2, 0.25) is 0 Å². The number of benzene rings is 1. The Bertz CT molecular complexity index is 470. The highest BCUT2D eigenvalue weighted by Gasteiger charge is 2.58. The van der Waals surface area contributed by atoms with Crippen LogP contribution < -0.4 is 9.47 Å². The third kappa shape index (κ3) is 1.71. The molecule has 18 heavy (non-hydrogen) atoms. The number of fused-ring (bicyclic) bond motifs is 1. The Hall–Kier alpha value is -1.43. The quantitative estimate of drug-likeness (QED) is 0.889. The van der Waals surface area contributed by atoms with Gasteiger partial charge in [0.25, 0.3) is 0 Å². The second-order valence-electron chi connectivity index (χ2n) is 4.22. The molecule has 1 aromatic rings. The maximum Gasteiger partial charge on any atom is 0.421 e. The van der Waals surface area contributed by atoms with Crippen molar-refractivity contribution in [2.75, 3.05) is 14.2 Å². The van der Waals surface area contributed by atoms with Crippen LogP contribution in [0.1, 0.15) is 17.5 Å². The highest BCUT2D eigenvalue weighted by atomic mass is 19.4. The minimum absolute atomic E-state index is 0.146. The van der Waals surface area contributed by atoms with Gasteiger partial charge in [0.2, 0.25) is 0 Å². The number of rotatable bonds is 2. The number of ether oxygens (including phenoxy) is 2. The van der Waals surface area contributed by atoms with Crippen LogP contribution in [0.15, 0.2) is 12.1 Å². The molecule has 1 aromatic carbocycles. The number of aryl methyl sites for hydroxylation is 1. The second kappa shape index (κ2) is 4.05. The summed E-state index contributed by atoms with van der Waals surface area (Å²) in [6, 6.07) is 2.69. The van der Waals surface area contributed by atoms with Crippen molar-refractivity contribution in [3.63, 3.8) is 0 Å². The summed E-state index contributed by atoms with van der Waals surface area (Å²) in [6.07, 6.45) is -4.91. The second-order valence-corrected chi connectivity index (χ2v) is 4.22. The summed E-state index contributed by atoms with van der Waals surface area (Å²) in [6.45, 7) is 0. The first-order valence-electron chi connectivity index (χ1n) is 5.38. The van der Waals surface area contributed by atoms with Gasteiger partial charge in [0.05, 0.1) is 14.2 Å².